The number of benzene rings is 1. The van der Waals surface area contributed by atoms with Gasteiger partial charge in [-0.1, -0.05) is 28.9 Å². The minimum atomic E-state index is 0.445. The molecule has 84 valence electrons. The maximum absolute atomic E-state index is 6.09. The first kappa shape index (κ1) is 10.0. The Morgan fingerprint density at radius 1 is 1.24 bits per heavy atom. The summed E-state index contributed by atoms with van der Waals surface area (Å²) in [5.74, 6) is 0.523. The van der Waals surface area contributed by atoms with Crippen LogP contribution in [0.5, 0.6) is 0 Å². The maximum Gasteiger partial charge on any atom is 0.174 e. The van der Waals surface area contributed by atoms with Gasteiger partial charge in [-0.05, 0) is 18.2 Å². The van der Waals surface area contributed by atoms with Crippen LogP contribution in [-0.4, -0.2) is 20.0 Å². The van der Waals surface area contributed by atoms with Gasteiger partial charge in [0.05, 0.1) is 22.4 Å². The SMILES string of the molecule is Nc1cnc(-n2nnc3ccccc32)c(Cl)c1. The number of nitrogens with zero attached hydrogens (tertiary/aromatic N) is 4. The van der Waals surface area contributed by atoms with Gasteiger partial charge in [0, 0.05) is 0 Å². The van der Waals surface area contributed by atoms with Crippen molar-refractivity contribution in [3.05, 3.63) is 41.6 Å². The fourth-order valence-electron chi connectivity index (χ4n) is 1.63. The van der Waals surface area contributed by atoms with Crippen LogP contribution < -0.4 is 5.73 Å². The molecule has 3 aromatic rings. The summed E-state index contributed by atoms with van der Waals surface area (Å²) in [6.07, 6.45) is 1.54. The van der Waals surface area contributed by atoms with Gasteiger partial charge in [0.25, 0.3) is 0 Å². The Balaban J connectivity index is 2.27. The number of hydrogen-bond acceptors (Lipinski definition) is 4. The van der Waals surface area contributed by atoms with Gasteiger partial charge in [-0.2, -0.15) is 4.68 Å². The van der Waals surface area contributed by atoms with E-state index in [0.29, 0.717) is 16.5 Å². The summed E-state index contributed by atoms with van der Waals surface area (Å²) in [5.41, 5.74) is 7.77. The number of rotatable bonds is 1. The Bertz CT molecular complexity index is 691. The van der Waals surface area contributed by atoms with Crippen LogP contribution in [0.3, 0.4) is 0 Å². The summed E-state index contributed by atoms with van der Waals surface area (Å²) < 4.78 is 1.59. The molecule has 1 aromatic carbocycles. The van der Waals surface area contributed by atoms with E-state index in [4.69, 9.17) is 17.3 Å². The molecular weight excluding hydrogens is 238 g/mol. The fourth-order valence-corrected chi connectivity index (χ4v) is 1.88. The lowest BCUT2D eigenvalue weighted by atomic mass is 10.3. The van der Waals surface area contributed by atoms with Gasteiger partial charge in [-0.3, -0.25) is 0 Å². The minimum absolute atomic E-state index is 0.445. The van der Waals surface area contributed by atoms with Crippen LogP contribution in [0.15, 0.2) is 36.5 Å². The normalized spacial score (nSPS) is 10.9. The molecule has 2 aromatic heterocycles. The smallest absolute Gasteiger partial charge is 0.174 e. The summed E-state index contributed by atoms with van der Waals surface area (Å²) in [5, 5.41) is 8.52. The molecule has 0 atom stereocenters. The van der Waals surface area contributed by atoms with Crippen molar-refractivity contribution in [1.29, 1.82) is 0 Å². The molecule has 0 radical (unpaired) electrons. The third kappa shape index (κ3) is 1.60. The molecule has 0 aliphatic carbocycles. The molecule has 0 fully saturated rings. The van der Waals surface area contributed by atoms with E-state index in [0.717, 1.165) is 11.0 Å². The summed E-state index contributed by atoms with van der Waals surface area (Å²) in [4.78, 5) is 4.17. The molecular formula is C11H8ClN5. The van der Waals surface area contributed by atoms with Gasteiger partial charge in [0.1, 0.15) is 5.52 Å². The molecule has 0 saturated heterocycles. The van der Waals surface area contributed by atoms with Crippen LogP contribution in [0.1, 0.15) is 0 Å². The highest BCUT2D eigenvalue weighted by Crippen LogP contribution is 2.22. The average molecular weight is 246 g/mol. The Labute approximate surface area is 102 Å². The molecule has 0 unspecified atom stereocenters. The standard InChI is InChI=1S/C11H8ClN5/c12-8-5-7(13)6-14-11(8)17-10-4-2-1-3-9(10)15-16-17/h1-6H,13H2. The van der Waals surface area contributed by atoms with Crippen LogP contribution >= 0.6 is 11.6 Å². The molecule has 5 nitrogen and oxygen atoms in total. The van der Waals surface area contributed by atoms with E-state index in [1.54, 1.807) is 10.7 Å². The zero-order valence-electron chi connectivity index (χ0n) is 8.71. The van der Waals surface area contributed by atoms with Crippen molar-refractivity contribution in [3.63, 3.8) is 0 Å². The molecule has 3 rings (SSSR count). The molecule has 0 aliphatic heterocycles. The Morgan fingerprint density at radius 3 is 2.88 bits per heavy atom. The molecule has 0 bridgehead atoms. The van der Waals surface area contributed by atoms with Crippen molar-refractivity contribution in [2.45, 2.75) is 0 Å². The molecule has 0 spiro atoms. The topological polar surface area (TPSA) is 69.6 Å². The summed E-state index contributed by atoms with van der Waals surface area (Å²) in [6, 6.07) is 9.24. The quantitative estimate of drug-likeness (QED) is 0.712. The number of anilines is 1. The van der Waals surface area contributed by atoms with E-state index in [-0.39, 0.29) is 0 Å². The number of fused-ring (bicyclic) bond motifs is 1. The fraction of sp³-hybridized carbons (Fsp3) is 0. The van der Waals surface area contributed by atoms with Crippen LogP contribution in [0, 0.1) is 0 Å². The van der Waals surface area contributed by atoms with Gasteiger partial charge < -0.3 is 5.73 Å². The average Bonchev–Trinajstić information content (AvgIpc) is 2.73. The number of aromatic nitrogens is 4. The third-order valence-electron chi connectivity index (χ3n) is 2.40. The van der Waals surface area contributed by atoms with Gasteiger partial charge in [-0.15, -0.1) is 5.10 Å². The summed E-state index contributed by atoms with van der Waals surface area (Å²) in [7, 11) is 0. The number of nitrogen functional groups attached to an aromatic ring is 1. The maximum atomic E-state index is 6.09. The first-order valence-corrected chi connectivity index (χ1v) is 5.35. The van der Waals surface area contributed by atoms with Crippen molar-refractivity contribution in [1.82, 2.24) is 20.0 Å². The van der Waals surface area contributed by atoms with Crippen molar-refractivity contribution in [2.24, 2.45) is 0 Å². The van der Waals surface area contributed by atoms with Crippen LogP contribution in [0.4, 0.5) is 5.69 Å². The van der Waals surface area contributed by atoms with Crippen molar-refractivity contribution in [3.8, 4) is 5.82 Å². The number of hydrogen-bond donors (Lipinski definition) is 1. The van der Waals surface area contributed by atoms with Crippen molar-refractivity contribution >= 4 is 28.3 Å². The van der Waals surface area contributed by atoms with Crippen molar-refractivity contribution in [2.75, 3.05) is 5.73 Å². The van der Waals surface area contributed by atoms with Gasteiger partial charge in [-0.25, -0.2) is 4.98 Å². The van der Waals surface area contributed by atoms with Gasteiger partial charge in [0.2, 0.25) is 0 Å². The zero-order chi connectivity index (χ0) is 11.8. The Kier molecular flexibility index (Phi) is 2.19. The van der Waals surface area contributed by atoms with Gasteiger partial charge >= 0.3 is 0 Å². The highest BCUT2D eigenvalue weighted by Gasteiger charge is 2.10. The van der Waals surface area contributed by atoms with E-state index >= 15 is 0 Å². The molecule has 0 saturated carbocycles. The second kappa shape index (κ2) is 3.71. The van der Waals surface area contributed by atoms with E-state index in [1.165, 1.54) is 6.20 Å². The second-order valence-electron chi connectivity index (χ2n) is 3.56. The monoisotopic (exact) mass is 245 g/mol. The molecule has 0 aliphatic rings. The number of halogens is 1. The van der Waals surface area contributed by atoms with E-state index < -0.39 is 0 Å². The first-order valence-electron chi connectivity index (χ1n) is 4.97. The van der Waals surface area contributed by atoms with Crippen LogP contribution in [-0.2, 0) is 0 Å². The summed E-state index contributed by atoms with van der Waals surface area (Å²) >= 11 is 6.09. The molecule has 2 heterocycles. The van der Waals surface area contributed by atoms with Crippen molar-refractivity contribution < 1.29 is 0 Å². The van der Waals surface area contributed by atoms with Crippen LogP contribution in [0.2, 0.25) is 5.02 Å². The molecule has 17 heavy (non-hydrogen) atoms. The first-order chi connectivity index (χ1) is 8.25. The number of para-hydroxylation sites is 1. The lowest BCUT2D eigenvalue weighted by molar-refractivity contribution is 0.802. The number of pyridine rings is 1. The van der Waals surface area contributed by atoms with Crippen LogP contribution in [0.25, 0.3) is 16.9 Å². The predicted molar refractivity (Wildman–Crippen MR) is 66.1 cm³/mol. The van der Waals surface area contributed by atoms with E-state index in [9.17, 15) is 0 Å². The lowest BCUT2D eigenvalue weighted by Gasteiger charge is -2.03. The Morgan fingerprint density at radius 2 is 2.06 bits per heavy atom. The predicted octanol–water partition coefficient (Wildman–Crippen LogP) is 2.05. The second-order valence-corrected chi connectivity index (χ2v) is 3.97. The Hall–Kier alpha value is -2.14. The number of nitrogens with two attached hydrogens (primary N) is 1. The highest BCUT2D eigenvalue weighted by molar-refractivity contribution is 6.32. The minimum Gasteiger partial charge on any atom is -0.397 e. The summed E-state index contributed by atoms with van der Waals surface area (Å²) in [6.45, 7) is 0. The zero-order valence-corrected chi connectivity index (χ0v) is 9.46. The molecule has 6 heteroatoms. The van der Waals surface area contributed by atoms with E-state index in [2.05, 4.69) is 15.3 Å². The van der Waals surface area contributed by atoms with Gasteiger partial charge in [0.15, 0.2) is 5.82 Å². The molecule has 2 N–H and O–H groups in total. The lowest BCUT2D eigenvalue weighted by Crippen LogP contribution is -2.01. The largest absolute Gasteiger partial charge is 0.397 e. The van der Waals surface area contributed by atoms with E-state index in [1.807, 2.05) is 24.3 Å². The third-order valence-corrected chi connectivity index (χ3v) is 2.67. The highest BCUT2D eigenvalue weighted by atomic mass is 35.5. The molecule has 0 amide bonds.